The zero-order valence-electron chi connectivity index (χ0n) is 19.8. The molecule has 0 radical (unpaired) electrons. The van der Waals surface area contributed by atoms with E-state index in [0.717, 1.165) is 0 Å². The van der Waals surface area contributed by atoms with Gasteiger partial charge in [-0.1, -0.05) is 12.0 Å². The molecule has 1 aromatic carbocycles. The van der Waals surface area contributed by atoms with Crippen LogP contribution in [-0.4, -0.2) is 63.9 Å². The number of carboxylic acid groups (broad SMARTS) is 2. The maximum Gasteiger partial charge on any atom is 0.340 e. The minimum atomic E-state index is -1.10. The summed E-state index contributed by atoms with van der Waals surface area (Å²) in [5.41, 5.74) is 6.35. The van der Waals surface area contributed by atoms with Gasteiger partial charge < -0.3 is 25.7 Å². The zero-order chi connectivity index (χ0) is 26.8. The number of amides is 1. The van der Waals surface area contributed by atoms with Crippen LogP contribution in [0.15, 0.2) is 26.2 Å². The molecule has 0 aliphatic carbocycles. The van der Waals surface area contributed by atoms with Gasteiger partial charge in [-0.3, -0.25) is 19.3 Å². The Kier molecular flexibility index (Phi) is 11.1. The van der Waals surface area contributed by atoms with E-state index in [4.69, 9.17) is 20.5 Å². The Morgan fingerprint density at radius 1 is 1.25 bits per heavy atom. The van der Waals surface area contributed by atoms with E-state index in [1.807, 2.05) is 0 Å². The lowest BCUT2D eigenvalue weighted by atomic mass is 10.0. The lowest BCUT2D eigenvalue weighted by molar-refractivity contribution is -0.432. The summed E-state index contributed by atoms with van der Waals surface area (Å²) in [6.45, 7) is 3.52. The molecule has 1 atom stereocenters. The number of carbonyl (C=O) groups excluding carboxylic acids is 1. The number of nitrogens with one attached hydrogen (secondary N) is 1. The summed E-state index contributed by atoms with van der Waals surface area (Å²) >= 11 is 0.655. The molecule has 6 N–H and O–H groups in total. The number of aryl methyl sites for hydroxylation is 1. The molecule has 0 spiro atoms. The number of hydrogen-bond donors (Lipinski definition) is 5. The van der Waals surface area contributed by atoms with Crippen LogP contribution < -0.4 is 16.7 Å². The SMILES string of the molecule is CCN(CC(=O)O)C(CCCCNC(=O)Cc1c(C)c2cc(SOOO)c(N)cc2oc1=O)C(=O)O. The fraction of sp³-hybridized carbons (Fsp3) is 0.455. The smallest absolute Gasteiger partial charge is 0.340 e. The predicted molar refractivity (Wildman–Crippen MR) is 129 cm³/mol. The van der Waals surface area contributed by atoms with Crippen molar-refractivity contribution in [2.45, 2.75) is 50.5 Å². The third-order valence-electron chi connectivity index (χ3n) is 5.61. The van der Waals surface area contributed by atoms with Gasteiger partial charge in [0, 0.05) is 18.0 Å². The van der Waals surface area contributed by atoms with Crippen LogP contribution in [0.2, 0.25) is 0 Å². The van der Waals surface area contributed by atoms with Crippen LogP contribution in [0.25, 0.3) is 11.0 Å². The average molecular weight is 528 g/mol. The number of aliphatic carboxylic acids is 2. The van der Waals surface area contributed by atoms with Gasteiger partial charge in [0.05, 0.1) is 41.2 Å². The standard InChI is InChI=1S/C22H29N3O10S/c1-3-25(11-20(27)28)16(21(29)30)6-4-5-7-24-19(26)9-14-12(2)13-8-18(36-35-34-32)15(23)10-17(13)33-22(14)31/h8,10,16,32H,3-7,9,11,23H2,1-2H3,(H,24,26)(H,27,28)(H,29,30). The average Bonchev–Trinajstić information content (AvgIpc) is 2.81. The molecule has 36 heavy (non-hydrogen) atoms. The van der Waals surface area contributed by atoms with Gasteiger partial charge in [0.25, 0.3) is 0 Å². The van der Waals surface area contributed by atoms with Crippen LogP contribution in [0.1, 0.15) is 37.3 Å². The molecule has 1 unspecified atom stereocenters. The number of carboxylic acids is 2. The molecule has 198 valence electrons. The molecular weight excluding hydrogens is 498 g/mol. The maximum absolute atomic E-state index is 12.5. The van der Waals surface area contributed by atoms with Crippen molar-refractivity contribution in [2.75, 3.05) is 25.4 Å². The summed E-state index contributed by atoms with van der Waals surface area (Å²) in [6, 6.07) is 2.08. The number of unbranched alkanes of at least 4 members (excludes halogenated alkanes) is 1. The van der Waals surface area contributed by atoms with Crippen molar-refractivity contribution in [3.63, 3.8) is 0 Å². The van der Waals surface area contributed by atoms with Gasteiger partial charge in [-0.15, -0.1) is 4.33 Å². The number of benzene rings is 1. The molecule has 0 fully saturated rings. The summed E-state index contributed by atoms with van der Waals surface area (Å²) < 4.78 is 9.73. The normalized spacial score (nSPS) is 12.1. The first-order valence-corrected chi connectivity index (χ1v) is 11.8. The third kappa shape index (κ3) is 7.93. The summed E-state index contributed by atoms with van der Waals surface area (Å²) in [4.78, 5) is 49.2. The monoisotopic (exact) mass is 527 g/mol. The number of nitrogens with two attached hydrogens (primary N) is 1. The Hall–Kier alpha value is -3.17. The van der Waals surface area contributed by atoms with Crippen molar-refractivity contribution in [2.24, 2.45) is 0 Å². The van der Waals surface area contributed by atoms with Gasteiger partial charge in [-0.25, -0.2) is 10.1 Å². The number of anilines is 1. The fourth-order valence-corrected chi connectivity index (χ4v) is 4.18. The van der Waals surface area contributed by atoms with Gasteiger partial charge in [0.15, 0.2) is 0 Å². The number of carbonyl (C=O) groups is 3. The first-order chi connectivity index (χ1) is 17.1. The molecule has 2 aromatic rings. The first kappa shape index (κ1) is 29.1. The van der Waals surface area contributed by atoms with E-state index < -0.39 is 29.5 Å². The van der Waals surface area contributed by atoms with E-state index in [1.54, 1.807) is 19.9 Å². The lowest BCUT2D eigenvalue weighted by Gasteiger charge is -2.25. The molecule has 1 aromatic heterocycles. The second kappa shape index (κ2) is 13.8. The quantitative estimate of drug-likeness (QED) is 0.0561. The van der Waals surface area contributed by atoms with E-state index in [1.165, 1.54) is 11.0 Å². The fourth-order valence-electron chi connectivity index (χ4n) is 3.75. The molecule has 0 saturated heterocycles. The highest BCUT2D eigenvalue weighted by atomic mass is 32.2. The van der Waals surface area contributed by atoms with Crippen molar-refractivity contribution in [1.82, 2.24) is 10.2 Å². The number of rotatable bonds is 15. The number of nitrogens with zero attached hydrogens (tertiary/aromatic N) is 1. The molecule has 0 aliphatic heterocycles. The van der Waals surface area contributed by atoms with Crippen LogP contribution in [0.3, 0.4) is 0 Å². The van der Waals surface area contributed by atoms with Gasteiger partial charge >= 0.3 is 17.6 Å². The molecule has 0 saturated carbocycles. The van der Waals surface area contributed by atoms with E-state index in [0.29, 0.717) is 40.7 Å². The molecule has 0 bridgehead atoms. The number of hydrogen-bond acceptors (Lipinski definition) is 11. The molecule has 2 rings (SSSR count). The van der Waals surface area contributed by atoms with Crippen LogP contribution in [0.4, 0.5) is 5.69 Å². The van der Waals surface area contributed by atoms with E-state index in [9.17, 15) is 24.3 Å². The first-order valence-electron chi connectivity index (χ1n) is 11.0. The Bertz CT molecular complexity index is 1150. The molecule has 1 amide bonds. The number of nitrogen functional groups attached to an aromatic ring is 1. The molecule has 13 nitrogen and oxygen atoms in total. The van der Waals surface area contributed by atoms with Gasteiger partial charge in [-0.2, -0.15) is 0 Å². The Morgan fingerprint density at radius 3 is 2.58 bits per heavy atom. The number of fused-ring (bicyclic) bond motifs is 1. The minimum absolute atomic E-state index is 0.165. The summed E-state index contributed by atoms with van der Waals surface area (Å²) in [5, 5.41) is 33.5. The van der Waals surface area contributed by atoms with Gasteiger partial charge in [0.1, 0.15) is 11.6 Å². The molecular formula is C22H29N3O10S. The van der Waals surface area contributed by atoms with Crippen molar-refractivity contribution < 1.29 is 43.6 Å². The Labute approximate surface area is 210 Å². The summed E-state index contributed by atoms with van der Waals surface area (Å²) in [6.07, 6.45) is 0.922. The molecule has 1 heterocycles. The molecule has 14 heteroatoms. The maximum atomic E-state index is 12.5. The second-order valence-electron chi connectivity index (χ2n) is 7.94. The Balaban J connectivity index is 1.98. The Morgan fingerprint density at radius 2 is 1.97 bits per heavy atom. The third-order valence-corrected chi connectivity index (χ3v) is 6.27. The van der Waals surface area contributed by atoms with Crippen molar-refractivity contribution in [3.05, 3.63) is 33.7 Å². The topological polar surface area (TPSA) is 202 Å². The summed E-state index contributed by atoms with van der Waals surface area (Å²) in [7, 11) is 0. The predicted octanol–water partition coefficient (Wildman–Crippen LogP) is 1.80. The summed E-state index contributed by atoms with van der Waals surface area (Å²) in [5.74, 6) is -2.61. The highest BCUT2D eigenvalue weighted by Gasteiger charge is 2.25. The van der Waals surface area contributed by atoms with Crippen LogP contribution >= 0.6 is 12.0 Å². The highest BCUT2D eigenvalue weighted by Crippen LogP contribution is 2.32. The van der Waals surface area contributed by atoms with Gasteiger partial charge in [-0.05, 0) is 44.4 Å². The van der Waals surface area contributed by atoms with Crippen LogP contribution in [-0.2, 0) is 30.2 Å². The van der Waals surface area contributed by atoms with Crippen molar-refractivity contribution >= 4 is 46.5 Å². The van der Waals surface area contributed by atoms with Crippen LogP contribution in [0.5, 0.6) is 0 Å². The van der Waals surface area contributed by atoms with Crippen molar-refractivity contribution in [1.29, 1.82) is 0 Å². The highest BCUT2D eigenvalue weighted by molar-refractivity contribution is 7.94. The van der Waals surface area contributed by atoms with Crippen molar-refractivity contribution in [3.8, 4) is 0 Å². The molecule has 0 aliphatic rings. The number of likely N-dealkylation sites (N-methyl/N-ethyl adjacent to an activating group) is 1. The minimum Gasteiger partial charge on any atom is -0.480 e. The van der Waals surface area contributed by atoms with Gasteiger partial charge in [0.2, 0.25) is 5.91 Å². The van der Waals surface area contributed by atoms with Crippen LogP contribution in [0, 0.1) is 6.92 Å². The van der Waals surface area contributed by atoms with E-state index in [-0.39, 0.29) is 49.3 Å². The van der Waals surface area contributed by atoms with E-state index in [2.05, 4.69) is 14.7 Å². The zero-order valence-corrected chi connectivity index (χ0v) is 20.6. The lowest BCUT2D eigenvalue weighted by Crippen LogP contribution is -2.44. The largest absolute Gasteiger partial charge is 0.480 e. The second-order valence-corrected chi connectivity index (χ2v) is 8.68. The van der Waals surface area contributed by atoms with E-state index >= 15 is 0 Å².